The van der Waals surface area contributed by atoms with E-state index in [9.17, 15) is 4.39 Å². The third-order valence-electron chi connectivity index (χ3n) is 2.23. The Morgan fingerprint density at radius 1 is 1.27 bits per heavy atom. The van der Waals surface area contributed by atoms with E-state index < -0.39 is 0 Å². The van der Waals surface area contributed by atoms with Crippen LogP contribution < -0.4 is 5.32 Å². The van der Waals surface area contributed by atoms with Gasteiger partial charge < -0.3 is 15.5 Å². The van der Waals surface area contributed by atoms with Crippen LogP contribution in [0.3, 0.4) is 0 Å². The van der Waals surface area contributed by atoms with Crippen molar-refractivity contribution in [3.63, 3.8) is 0 Å². The lowest BCUT2D eigenvalue weighted by Crippen LogP contribution is -2.10. The maximum Gasteiger partial charge on any atom is 0.131 e. The Balaban J connectivity index is 2.97. The quantitative estimate of drug-likeness (QED) is 0.686. The normalized spacial score (nSPS) is 10.4. The number of anilines is 1. The third-order valence-corrected chi connectivity index (χ3v) is 2.23. The molecule has 0 heterocycles. The molecule has 0 radical (unpaired) electrons. The molecule has 84 valence electrons. The van der Waals surface area contributed by atoms with Gasteiger partial charge in [-0.05, 0) is 18.6 Å². The number of halogens is 1. The lowest BCUT2D eigenvalue weighted by molar-refractivity contribution is 0.297. The Bertz CT molecular complexity index is 329. The molecule has 0 spiro atoms. The third kappa shape index (κ3) is 2.91. The first-order valence-electron chi connectivity index (χ1n) is 4.94. The van der Waals surface area contributed by atoms with Crippen molar-refractivity contribution in [2.75, 3.05) is 25.1 Å². The van der Waals surface area contributed by atoms with E-state index in [0.717, 1.165) is 0 Å². The molecular weight excluding hydrogens is 197 g/mol. The number of benzene rings is 1. The summed E-state index contributed by atoms with van der Waals surface area (Å²) < 4.78 is 13.7. The van der Waals surface area contributed by atoms with E-state index in [-0.39, 0.29) is 25.5 Å². The SMILES string of the molecule is Cc1ccc(NCCO)c(CCO)c1F. The molecule has 0 aliphatic carbocycles. The molecule has 0 amide bonds. The first-order valence-corrected chi connectivity index (χ1v) is 4.94. The summed E-state index contributed by atoms with van der Waals surface area (Å²) in [4.78, 5) is 0. The van der Waals surface area contributed by atoms with Gasteiger partial charge in [0.05, 0.1) is 6.61 Å². The van der Waals surface area contributed by atoms with Gasteiger partial charge in [0.25, 0.3) is 0 Å². The Hall–Kier alpha value is -1.13. The van der Waals surface area contributed by atoms with E-state index in [1.54, 1.807) is 19.1 Å². The van der Waals surface area contributed by atoms with E-state index in [1.807, 2.05) is 0 Å². The fourth-order valence-electron chi connectivity index (χ4n) is 1.45. The van der Waals surface area contributed by atoms with Crippen molar-refractivity contribution in [2.24, 2.45) is 0 Å². The smallest absolute Gasteiger partial charge is 0.131 e. The molecule has 1 rings (SSSR count). The minimum absolute atomic E-state index is 0.00589. The number of aryl methyl sites for hydroxylation is 1. The zero-order chi connectivity index (χ0) is 11.3. The number of hydrogen-bond acceptors (Lipinski definition) is 3. The van der Waals surface area contributed by atoms with Crippen LogP contribution in [0.5, 0.6) is 0 Å². The van der Waals surface area contributed by atoms with Crippen molar-refractivity contribution in [1.29, 1.82) is 0 Å². The van der Waals surface area contributed by atoms with Gasteiger partial charge in [0.2, 0.25) is 0 Å². The van der Waals surface area contributed by atoms with Crippen LogP contribution in [0.25, 0.3) is 0 Å². The van der Waals surface area contributed by atoms with E-state index in [4.69, 9.17) is 10.2 Å². The summed E-state index contributed by atoms with van der Waals surface area (Å²) in [6.45, 7) is 1.97. The average Bonchev–Trinajstić information content (AvgIpc) is 2.24. The average molecular weight is 213 g/mol. The number of aliphatic hydroxyl groups excluding tert-OH is 2. The molecule has 0 saturated heterocycles. The van der Waals surface area contributed by atoms with Gasteiger partial charge in [-0.15, -0.1) is 0 Å². The maximum absolute atomic E-state index is 13.7. The van der Waals surface area contributed by atoms with Gasteiger partial charge >= 0.3 is 0 Å². The standard InChI is InChI=1S/C11H16FNO2/c1-8-2-3-10(13-5-7-15)9(4-6-14)11(8)12/h2-3,13-15H,4-7H2,1H3. The van der Waals surface area contributed by atoms with Gasteiger partial charge in [0.1, 0.15) is 5.82 Å². The van der Waals surface area contributed by atoms with Crippen molar-refractivity contribution >= 4 is 5.69 Å². The molecule has 3 N–H and O–H groups in total. The summed E-state index contributed by atoms with van der Waals surface area (Å²) in [5, 5.41) is 20.4. The number of rotatable bonds is 5. The highest BCUT2D eigenvalue weighted by molar-refractivity contribution is 5.53. The van der Waals surface area contributed by atoms with Crippen molar-refractivity contribution in [3.8, 4) is 0 Å². The fourth-order valence-corrected chi connectivity index (χ4v) is 1.45. The van der Waals surface area contributed by atoms with Crippen LogP contribution >= 0.6 is 0 Å². The maximum atomic E-state index is 13.7. The number of aliphatic hydroxyl groups is 2. The highest BCUT2D eigenvalue weighted by Crippen LogP contribution is 2.22. The van der Waals surface area contributed by atoms with Gasteiger partial charge in [0.15, 0.2) is 0 Å². The predicted molar refractivity (Wildman–Crippen MR) is 57.5 cm³/mol. The lowest BCUT2D eigenvalue weighted by Gasteiger charge is -2.12. The van der Waals surface area contributed by atoms with Crippen LogP contribution in [0.15, 0.2) is 12.1 Å². The Morgan fingerprint density at radius 3 is 2.60 bits per heavy atom. The molecular formula is C11H16FNO2. The second-order valence-electron chi connectivity index (χ2n) is 3.35. The minimum atomic E-state index is -0.285. The van der Waals surface area contributed by atoms with E-state index in [0.29, 0.717) is 23.4 Å². The van der Waals surface area contributed by atoms with E-state index >= 15 is 0 Å². The number of nitrogens with one attached hydrogen (secondary N) is 1. The molecule has 1 aromatic carbocycles. The van der Waals surface area contributed by atoms with Crippen LogP contribution in [0, 0.1) is 12.7 Å². The van der Waals surface area contributed by atoms with Crippen molar-refractivity contribution < 1.29 is 14.6 Å². The van der Waals surface area contributed by atoms with E-state index in [1.165, 1.54) is 0 Å². The summed E-state index contributed by atoms with van der Waals surface area (Å²) in [7, 11) is 0. The van der Waals surface area contributed by atoms with Crippen LogP contribution in [-0.2, 0) is 6.42 Å². The van der Waals surface area contributed by atoms with Crippen LogP contribution in [0.1, 0.15) is 11.1 Å². The van der Waals surface area contributed by atoms with Crippen molar-refractivity contribution in [1.82, 2.24) is 0 Å². The summed E-state index contributed by atoms with van der Waals surface area (Å²) in [6.07, 6.45) is 0.279. The van der Waals surface area contributed by atoms with E-state index in [2.05, 4.69) is 5.32 Å². The summed E-state index contributed by atoms with van der Waals surface area (Å²) >= 11 is 0. The number of hydrogen-bond donors (Lipinski definition) is 3. The zero-order valence-corrected chi connectivity index (χ0v) is 8.76. The molecule has 0 saturated carbocycles. The fraction of sp³-hybridized carbons (Fsp3) is 0.455. The van der Waals surface area contributed by atoms with Gasteiger partial charge in [-0.2, -0.15) is 0 Å². The first-order chi connectivity index (χ1) is 7.20. The van der Waals surface area contributed by atoms with Crippen LogP contribution in [0.4, 0.5) is 10.1 Å². The van der Waals surface area contributed by atoms with Crippen molar-refractivity contribution in [2.45, 2.75) is 13.3 Å². The molecule has 0 aliphatic rings. The minimum Gasteiger partial charge on any atom is -0.396 e. The molecule has 15 heavy (non-hydrogen) atoms. The Kier molecular flexibility index (Phi) is 4.52. The molecule has 4 heteroatoms. The van der Waals surface area contributed by atoms with Gasteiger partial charge in [-0.3, -0.25) is 0 Å². The first kappa shape index (κ1) is 11.9. The molecule has 0 atom stereocenters. The monoisotopic (exact) mass is 213 g/mol. The molecule has 0 fully saturated rings. The highest BCUT2D eigenvalue weighted by Gasteiger charge is 2.10. The second kappa shape index (κ2) is 5.68. The Labute approximate surface area is 88.6 Å². The molecule has 0 bridgehead atoms. The summed E-state index contributed by atoms with van der Waals surface area (Å²) in [5.74, 6) is -0.285. The second-order valence-corrected chi connectivity index (χ2v) is 3.35. The largest absolute Gasteiger partial charge is 0.396 e. The molecule has 1 aromatic rings. The summed E-state index contributed by atoms with van der Waals surface area (Å²) in [6, 6.07) is 3.44. The van der Waals surface area contributed by atoms with Crippen molar-refractivity contribution in [3.05, 3.63) is 29.1 Å². The van der Waals surface area contributed by atoms with Gasteiger partial charge in [-0.25, -0.2) is 4.39 Å². The lowest BCUT2D eigenvalue weighted by atomic mass is 10.1. The predicted octanol–water partition coefficient (Wildman–Crippen LogP) is 1.07. The molecule has 0 aromatic heterocycles. The van der Waals surface area contributed by atoms with Crippen LogP contribution in [0.2, 0.25) is 0 Å². The highest BCUT2D eigenvalue weighted by atomic mass is 19.1. The molecule has 0 aliphatic heterocycles. The topological polar surface area (TPSA) is 52.5 Å². The van der Waals surface area contributed by atoms with Gasteiger partial charge in [0, 0.05) is 30.8 Å². The van der Waals surface area contributed by atoms with Crippen LogP contribution in [-0.4, -0.2) is 30.0 Å². The molecule has 3 nitrogen and oxygen atoms in total. The summed E-state index contributed by atoms with van der Waals surface area (Å²) in [5.41, 5.74) is 1.68. The zero-order valence-electron chi connectivity index (χ0n) is 8.76. The Morgan fingerprint density at radius 2 is 2.00 bits per heavy atom. The molecule has 0 unspecified atom stereocenters. The van der Waals surface area contributed by atoms with Gasteiger partial charge in [-0.1, -0.05) is 6.07 Å².